The average molecular weight is 218 g/mol. The fourth-order valence-electron chi connectivity index (χ4n) is 0.895. The zero-order valence-electron chi connectivity index (χ0n) is 7.71. The van der Waals surface area contributed by atoms with Gasteiger partial charge in [0.05, 0.1) is 6.61 Å². The summed E-state index contributed by atoms with van der Waals surface area (Å²) in [6.45, 7) is 1.95. The van der Waals surface area contributed by atoms with E-state index in [2.05, 4.69) is 9.72 Å². The van der Waals surface area contributed by atoms with E-state index in [1.807, 2.05) is 0 Å². The lowest BCUT2D eigenvalue weighted by atomic mass is 10.2. The highest BCUT2D eigenvalue weighted by molar-refractivity contribution is 5.85. The highest BCUT2D eigenvalue weighted by atomic mass is 35.5. The van der Waals surface area contributed by atoms with E-state index in [1.165, 1.54) is 6.20 Å². The Balaban J connectivity index is 0.00000169. The smallest absolute Gasteiger partial charge is 0.339 e. The summed E-state index contributed by atoms with van der Waals surface area (Å²) in [4.78, 5) is 14.8. The Kier molecular flexibility index (Phi) is 5.83. The molecule has 78 valence electrons. The van der Waals surface area contributed by atoms with Crippen LogP contribution < -0.4 is 0 Å². The molecule has 1 heterocycles. The van der Waals surface area contributed by atoms with Gasteiger partial charge in [0.1, 0.15) is 0 Å². The molecule has 5 heteroatoms. The fourth-order valence-corrected chi connectivity index (χ4v) is 0.895. The van der Waals surface area contributed by atoms with Gasteiger partial charge < -0.3 is 9.84 Å². The highest BCUT2D eigenvalue weighted by Gasteiger charge is 2.17. The third kappa shape index (κ3) is 3.32. The van der Waals surface area contributed by atoms with E-state index in [1.54, 1.807) is 25.3 Å². The quantitative estimate of drug-likeness (QED) is 0.771. The number of carbonyl (C=O) groups excluding carboxylic acids is 1. The predicted octanol–water partition coefficient (Wildman–Crippen LogP) is 1.10. The van der Waals surface area contributed by atoms with Crippen LogP contribution in [0.4, 0.5) is 0 Å². The number of ether oxygens (including phenoxy) is 1. The van der Waals surface area contributed by atoms with Crippen LogP contribution in [0.3, 0.4) is 0 Å². The molecule has 1 N–H and O–H groups in total. The summed E-state index contributed by atoms with van der Waals surface area (Å²) >= 11 is 0. The van der Waals surface area contributed by atoms with Crippen LogP contribution >= 0.6 is 12.4 Å². The summed E-state index contributed by atoms with van der Waals surface area (Å²) in [6.07, 6.45) is 1.77. The molecule has 0 fully saturated rings. The van der Waals surface area contributed by atoms with E-state index in [-0.39, 0.29) is 19.0 Å². The number of pyridine rings is 1. The van der Waals surface area contributed by atoms with Crippen molar-refractivity contribution in [1.82, 2.24) is 4.98 Å². The number of carbonyl (C=O) groups is 1. The van der Waals surface area contributed by atoms with Crippen molar-refractivity contribution in [2.75, 3.05) is 6.61 Å². The van der Waals surface area contributed by atoms with Crippen molar-refractivity contribution in [1.29, 1.82) is 0 Å². The van der Waals surface area contributed by atoms with Gasteiger partial charge in [0.25, 0.3) is 0 Å². The molecule has 0 aliphatic rings. The van der Waals surface area contributed by atoms with Crippen molar-refractivity contribution in [3.05, 3.63) is 30.1 Å². The first kappa shape index (κ1) is 12.9. The maximum atomic E-state index is 11.0. The Morgan fingerprint density at radius 2 is 2.43 bits per heavy atom. The molecular formula is C9H12ClNO3. The monoisotopic (exact) mass is 217 g/mol. The molecular weight excluding hydrogens is 206 g/mol. The van der Waals surface area contributed by atoms with Crippen LogP contribution in [-0.4, -0.2) is 22.7 Å². The molecule has 1 rings (SSSR count). The first-order valence-corrected chi connectivity index (χ1v) is 4.00. The van der Waals surface area contributed by atoms with Gasteiger partial charge in [0, 0.05) is 18.0 Å². The second kappa shape index (κ2) is 6.34. The van der Waals surface area contributed by atoms with Gasteiger partial charge in [-0.25, -0.2) is 4.79 Å². The summed E-state index contributed by atoms with van der Waals surface area (Å²) in [6, 6.07) is 3.27. The van der Waals surface area contributed by atoms with Crippen molar-refractivity contribution in [2.45, 2.75) is 13.0 Å². The highest BCUT2D eigenvalue weighted by Crippen LogP contribution is 2.11. The molecule has 0 aliphatic carbocycles. The van der Waals surface area contributed by atoms with Crippen molar-refractivity contribution in [3.8, 4) is 0 Å². The predicted molar refractivity (Wildman–Crippen MR) is 53.1 cm³/mol. The minimum Gasteiger partial charge on any atom is -0.464 e. The SMILES string of the molecule is CCOC(=O)C(O)c1cccnc1.Cl. The van der Waals surface area contributed by atoms with E-state index in [0.29, 0.717) is 5.56 Å². The summed E-state index contributed by atoms with van der Waals surface area (Å²) in [5, 5.41) is 9.41. The molecule has 1 aromatic heterocycles. The van der Waals surface area contributed by atoms with E-state index in [0.717, 1.165) is 0 Å². The fraction of sp³-hybridized carbons (Fsp3) is 0.333. The van der Waals surface area contributed by atoms with Gasteiger partial charge in [-0.1, -0.05) is 6.07 Å². The molecule has 0 saturated heterocycles. The lowest BCUT2D eigenvalue weighted by Gasteiger charge is -2.08. The Labute approximate surface area is 88.3 Å². The number of aliphatic hydroxyl groups is 1. The first-order valence-electron chi connectivity index (χ1n) is 4.00. The zero-order valence-corrected chi connectivity index (χ0v) is 8.53. The minimum absolute atomic E-state index is 0. The van der Waals surface area contributed by atoms with Gasteiger partial charge in [0.2, 0.25) is 0 Å². The lowest BCUT2D eigenvalue weighted by Crippen LogP contribution is -2.15. The number of aliphatic hydroxyl groups excluding tert-OH is 1. The number of esters is 1. The van der Waals surface area contributed by atoms with Gasteiger partial charge in [-0.15, -0.1) is 12.4 Å². The molecule has 1 atom stereocenters. The molecule has 4 nitrogen and oxygen atoms in total. The molecule has 0 radical (unpaired) electrons. The van der Waals surface area contributed by atoms with Crippen LogP contribution in [0.5, 0.6) is 0 Å². The number of aromatic nitrogens is 1. The van der Waals surface area contributed by atoms with E-state index >= 15 is 0 Å². The Hall–Kier alpha value is -1.13. The summed E-state index contributed by atoms with van der Waals surface area (Å²) < 4.78 is 4.64. The van der Waals surface area contributed by atoms with Crippen molar-refractivity contribution in [3.63, 3.8) is 0 Å². The standard InChI is InChI=1S/C9H11NO3.ClH/c1-2-13-9(12)8(11)7-4-3-5-10-6-7;/h3-6,8,11H,2H2,1H3;1H. The van der Waals surface area contributed by atoms with Crippen molar-refractivity contribution < 1.29 is 14.6 Å². The molecule has 0 aliphatic heterocycles. The maximum Gasteiger partial charge on any atom is 0.339 e. The number of nitrogens with zero attached hydrogens (tertiary/aromatic N) is 1. The summed E-state index contributed by atoms with van der Waals surface area (Å²) in [5.41, 5.74) is 0.445. The van der Waals surface area contributed by atoms with Crippen molar-refractivity contribution in [2.24, 2.45) is 0 Å². The van der Waals surface area contributed by atoms with Gasteiger partial charge in [-0.2, -0.15) is 0 Å². The molecule has 0 spiro atoms. The first-order chi connectivity index (χ1) is 6.25. The second-order valence-corrected chi connectivity index (χ2v) is 2.44. The van der Waals surface area contributed by atoms with Crippen LogP contribution in [0.25, 0.3) is 0 Å². The number of hydrogen-bond acceptors (Lipinski definition) is 4. The lowest BCUT2D eigenvalue weighted by molar-refractivity contribution is -0.153. The van der Waals surface area contributed by atoms with Crippen LogP contribution in [0.2, 0.25) is 0 Å². The molecule has 0 saturated carbocycles. The van der Waals surface area contributed by atoms with E-state index < -0.39 is 12.1 Å². The van der Waals surface area contributed by atoms with Gasteiger partial charge >= 0.3 is 5.97 Å². The Morgan fingerprint density at radius 1 is 1.71 bits per heavy atom. The number of halogens is 1. The molecule has 0 amide bonds. The number of rotatable bonds is 3. The normalized spacial score (nSPS) is 11.3. The van der Waals surface area contributed by atoms with Crippen LogP contribution in [0, 0.1) is 0 Å². The third-order valence-corrected chi connectivity index (χ3v) is 1.51. The Morgan fingerprint density at radius 3 is 2.93 bits per heavy atom. The topological polar surface area (TPSA) is 59.4 Å². The number of hydrogen-bond donors (Lipinski definition) is 1. The second-order valence-electron chi connectivity index (χ2n) is 2.44. The van der Waals surface area contributed by atoms with Crippen LogP contribution in [-0.2, 0) is 9.53 Å². The zero-order chi connectivity index (χ0) is 9.68. The largest absolute Gasteiger partial charge is 0.464 e. The van der Waals surface area contributed by atoms with Gasteiger partial charge in [-0.3, -0.25) is 4.98 Å². The van der Waals surface area contributed by atoms with Crippen LogP contribution in [0.15, 0.2) is 24.5 Å². The molecule has 14 heavy (non-hydrogen) atoms. The third-order valence-electron chi connectivity index (χ3n) is 1.51. The maximum absolute atomic E-state index is 11.0. The van der Waals surface area contributed by atoms with Gasteiger partial charge in [0.15, 0.2) is 6.10 Å². The molecule has 1 unspecified atom stereocenters. The van der Waals surface area contributed by atoms with E-state index in [9.17, 15) is 9.90 Å². The molecule has 1 aromatic rings. The summed E-state index contributed by atoms with van der Waals surface area (Å²) in [7, 11) is 0. The van der Waals surface area contributed by atoms with Crippen molar-refractivity contribution >= 4 is 18.4 Å². The molecule has 0 aromatic carbocycles. The van der Waals surface area contributed by atoms with Gasteiger partial charge in [-0.05, 0) is 13.0 Å². The van der Waals surface area contributed by atoms with E-state index in [4.69, 9.17) is 0 Å². The Bertz CT molecular complexity index is 279. The van der Waals surface area contributed by atoms with Crippen LogP contribution in [0.1, 0.15) is 18.6 Å². The average Bonchev–Trinajstić information content (AvgIpc) is 2.18. The summed E-state index contributed by atoms with van der Waals surface area (Å²) in [5.74, 6) is -0.643. The minimum atomic E-state index is -1.23. The molecule has 0 bridgehead atoms.